The van der Waals surface area contributed by atoms with Crippen molar-refractivity contribution in [2.24, 2.45) is 4.99 Å². The molecule has 0 N–H and O–H groups in total. The highest BCUT2D eigenvalue weighted by Gasteiger charge is 1.92. The number of rotatable bonds is 7. The Morgan fingerprint density at radius 3 is 2.47 bits per heavy atom. The molecule has 0 atom stereocenters. The maximum absolute atomic E-state index is 4.44. The molecule has 0 radical (unpaired) electrons. The van der Waals surface area contributed by atoms with E-state index in [2.05, 4.69) is 42.8 Å². The van der Waals surface area contributed by atoms with Crippen LogP contribution in [0.4, 0.5) is 0 Å². The molecule has 0 spiro atoms. The zero-order valence-electron chi connectivity index (χ0n) is 11.1. The first-order valence-corrected chi connectivity index (χ1v) is 6.50. The molecule has 0 fully saturated rings. The van der Waals surface area contributed by atoms with Gasteiger partial charge in [0.25, 0.3) is 0 Å². The molecule has 0 aliphatic heterocycles. The maximum atomic E-state index is 4.44. The predicted octanol–water partition coefficient (Wildman–Crippen LogP) is 4.72. The minimum Gasteiger partial charge on any atom is -0.293 e. The molecule has 0 heterocycles. The second-order valence-electron chi connectivity index (χ2n) is 4.50. The lowest BCUT2D eigenvalue weighted by Gasteiger charge is -1.99. The number of hydrogen-bond donors (Lipinski definition) is 0. The quantitative estimate of drug-likeness (QED) is 0.474. The van der Waals surface area contributed by atoms with Crippen molar-refractivity contribution < 1.29 is 0 Å². The van der Waals surface area contributed by atoms with Gasteiger partial charge in [-0.05, 0) is 24.5 Å². The van der Waals surface area contributed by atoms with Crippen LogP contribution in [0.2, 0.25) is 0 Å². The van der Waals surface area contributed by atoms with Gasteiger partial charge in [-0.15, -0.1) is 0 Å². The van der Waals surface area contributed by atoms with Crippen LogP contribution in [0.15, 0.2) is 35.8 Å². The zero-order chi connectivity index (χ0) is 12.5. The molecular formula is C16H23N. The zero-order valence-corrected chi connectivity index (χ0v) is 11.1. The van der Waals surface area contributed by atoms with Gasteiger partial charge in [0.2, 0.25) is 0 Å². The molecule has 0 unspecified atom stereocenters. The molecule has 17 heavy (non-hydrogen) atoms. The van der Waals surface area contributed by atoms with E-state index in [1.165, 1.54) is 36.8 Å². The number of unbranched alkanes of at least 4 members (excludes halogenated alkanes) is 3. The van der Waals surface area contributed by atoms with Gasteiger partial charge in [0.15, 0.2) is 0 Å². The minimum absolute atomic E-state index is 0.947. The Labute approximate surface area is 105 Å². The Bertz CT molecular complexity index is 360. The monoisotopic (exact) mass is 229 g/mol. The van der Waals surface area contributed by atoms with Crippen molar-refractivity contribution in [1.82, 2.24) is 0 Å². The molecule has 0 amide bonds. The fourth-order valence-corrected chi connectivity index (χ4v) is 1.65. The maximum Gasteiger partial charge on any atom is 0.0389 e. The van der Waals surface area contributed by atoms with Crippen molar-refractivity contribution in [2.45, 2.75) is 39.5 Å². The summed E-state index contributed by atoms with van der Waals surface area (Å²) in [5.41, 5.74) is 3.48. The second-order valence-corrected chi connectivity index (χ2v) is 4.50. The van der Waals surface area contributed by atoms with Crippen LogP contribution in [0.3, 0.4) is 0 Å². The number of allylic oxidation sites excluding steroid dienone is 1. The first-order valence-electron chi connectivity index (χ1n) is 6.50. The Morgan fingerprint density at radius 1 is 1.18 bits per heavy atom. The van der Waals surface area contributed by atoms with E-state index in [0.29, 0.717) is 0 Å². The lowest BCUT2D eigenvalue weighted by atomic mass is 10.1. The molecule has 1 rings (SSSR count). The van der Waals surface area contributed by atoms with Crippen molar-refractivity contribution in [2.75, 3.05) is 6.54 Å². The summed E-state index contributed by atoms with van der Waals surface area (Å²) in [6.45, 7) is 9.13. The van der Waals surface area contributed by atoms with Crippen LogP contribution in [0, 0.1) is 0 Å². The summed E-state index contributed by atoms with van der Waals surface area (Å²) in [5.74, 6) is 0. The van der Waals surface area contributed by atoms with E-state index in [0.717, 1.165) is 12.1 Å². The van der Waals surface area contributed by atoms with E-state index in [1.54, 1.807) is 0 Å². The topological polar surface area (TPSA) is 12.4 Å². The van der Waals surface area contributed by atoms with Gasteiger partial charge in [-0.2, -0.15) is 0 Å². The molecule has 0 aromatic heterocycles. The van der Waals surface area contributed by atoms with Gasteiger partial charge < -0.3 is 0 Å². The van der Waals surface area contributed by atoms with Crippen LogP contribution < -0.4 is 0 Å². The largest absolute Gasteiger partial charge is 0.293 e. The summed E-state index contributed by atoms with van der Waals surface area (Å²) in [7, 11) is 0. The molecule has 0 aliphatic rings. The van der Waals surface area contributed by atoms with Gasteiger partial charge in [-0.1, -0.05) is 62.6 Å². The standard InChI is InChI=1S/C16H23N/c1-4-5-6-7-12-17-13-15-8-10-16(11-9-15)14(2)3/h8-11,13H,2,4-7,12H2,1,3H3. The van der Waals surface area contributed by atoms with E-state index in [4.69, 9.17) is 0 Å². The molecule has 1 aromatic carbocycles. The van der Waals surface area contributed by atoms with Gasteiger partial charge in [0.05, 0.1) is 0 Å². The van der Waals surface area contributed by atoms with Crippen LogP contribution in [-0.2, 0) is 0 Å². The van der Waals surface area contributed by atoms with E-state index >= 15 is 0 Å². The third kappa shape index (κ3) is 5.48. The minimum atomic E-state index is 0.947. The van der Waals surface area contributed by atoms with Crippen molar-refractivity contribution in [3.8, 4) is 0 Å². The molecule has 1 heteroatoms. The van der Waals surface area contributed by atoms with E-state index < -0.39 is 0 Å². The molecule has 0 aliphatic carbocycles. The van der Waals surface area contributed by atoms with Crippen molar-refractivity contribution in [3.05, 3.63) is 42.0 Å². The van der Waals surface area contributed by atoms with Gasteiger partial charge in [-0.25, -0.2) is 0 Å². The van der Waals surface area contributed by atoms with E-state index in [1.807, 2.05) is 13.1 Å². The third-order valence-corrected chi connectivity index (χ3v) is 2.78. The smallest absolute Gasteiger partial charge is 0.0389 e. The van der Waals surface area contributed by atoms with E-state index in [-0.39, 0.29) is 0 Å². The summed E-state index contributed by atoms with van der Waals surface area (Å²) in [6.07, 6.45) is 7.07. The number of aliphatic imine (C=N–C) groups is 1. The molecule has 0 saturated heterocycles. The highest BCUT2D eigenvalue weighted by molar-refractivity contribution is 5.80. The van der Waals surface area contributed by atoms with Crippen LogP contribution in [0.1, 0.15) is 50.7 Å². The Kier molecular flexibility index (Phi) is 6.31. The van der Waals surface area contributed by atoms with Crippen molar-refractivity contribution >= 4 is 11.8 Å². The van der Waals surface area contributed by atoms with Crippen molar-refractivity contribution in [3.63, 3.8) is 0 Å². The molecule has 0 bridgehead atoms. The van der Waals surface area contributed by atoms with Gasteiger partial charge in [0.1, 0.15) is 0 Å². The molecule has 1 aromatic rings. The average molecular weight is 229 g/mol. The van der Waals surface area contributed by atoms with E-state index in [9.17, 15) is 0 Å². The first-order chi connectivity index (χ1) is 8.24. The lowest BCUT2D eigenvalue weighted by molar-refractivity contribution is 0.676. The molecule has 92 valence electrons. The molecule has 1 nitrogen and oxygen atoms in total. The second kappa shape index (κ2) is 7.83. The first kappa shape index (κ1) is 13.7. The molecular weight excluding hydrogens is 206 g/mol. The summed E-state index contributed by atoms with van der Waals surface area (Å²) < 4.78 is 0. The van der Waals surface area contributed by atoms with Gasteiger partial charge >= 0.3 is 0 Å². The summed E-state index contributed by atoms with van der Waals surface area (Å²) in [6, 6.07) is 8.39. The summed E-state index contributed by atoms with van der Waals surface area (Å²) >= 11 is 0. The third-order valence-electron chi connectivity index (χ3n) is 2.78. The predicted molar refractivity (Wildman–Crippen MR) is 77.8 cm³/mol. The van der Waals surface area contributed by atoms with Crippen LogP contribution >= 0.6 is 0 Å². The van der Waals surface area contributed by atoms with Crippen LogP contribution in [0.5, 0.6) is 0 Å². The number of benzene rings is 1. The van der Waals surface area contributed by atoms with Crippen molar-refractivity contribution in [1.29, 1.82) is 0 Å². The lowest BCUT2D eigenvalue weighted by Crippen LogP contribution is -1.86. The summed E-state index contributed by atoms with van der Waals surface area (Å²) in [4.78, 5) is 4.44. The summed E-state index contributed by atoms with van der Waals surface area (Å²) in [5, 5.41) is 0. The number of nitrogens with zero attached hydrogens (tertiary/aromatic N) is 1. The highest BCUT2D eigenvalue weighted by atomic mass is 14.7. The highest BCUT2D eigenvalue weighted by Crippen LogP contribution is 2.11. The fraction of sp³-hybridized carbons (Fsp3) is 0.438. The van der Waals surface area contributed by atoms with Crippen LogP contribution in [0.25, 0.3) is 5.57 Å². The van der Waals surface area contributed by atoms with Gasteiger partial charge in [-0.3, -0.25) is 4.99 Å². The Morgan fingerprint density at radius 2 is 1.88 bits per heavy atom. The van der Waals surface area contributed by atoms with Crippen LogP contribution in [-0.4, -0.2) is 12.8 Å². The van der Waals surface area contributed by atoms with Gasteiger partial charge in [0, 0.05) is 12.8 Å². The normalized spacial score (nSPS) is 10.9. The Balaban J connectivity index is 2.36. The fourth-order valence-electron chi connectivity index (χ4n) is 1.65. The average Bonchev–Trinajstić information content (AvgIpc) is 2.34. The Hall–Kier alpha value is -1.37. The SMILES string of the molecule is C=C(C)c1ccc(C=NCCCCCC)cc1. The number of hydrogen-bond acceptors (Lipinski definition) is 1. The molecule has 0 saturated carbocycles.